The lowest BCUT2D eigenvalue weighted by Crippen LogP contribution is -2.13. The molecule has 0 amide bonds. The molecular formula is C8H8F3IN2O2. The summed E-state index contributed by atoms with van der Waals surface area (Å²) in [7, 11) is 0. The summed E-state index contributed by atoms with van der Waals surface area (Å²) in [5, 5.41) is 12.1. The van der Waals surface area contributed by atoms with Crippen molar-refractivity contribution < 1.29 is 23.1 Å². The van der Waals surface area contributed by atoms with Gasteiger partial charge in [-0.3, -0.25) is 4.68 Å². The summed E-state index contributed by atoms with van der Waals surface area (Å²) >= 11 is 1.35. The molecule has 0 aliphatic rings. The summed E-state index contributed by atoms with van der Waals surface area (Å²) in [4.78, 5) is 10.9. The summed E-state index contributed by atoms with van der Waals surface area (Å²) < 4.78 is 38.0. The van der Waals surface area contributed by atoms with E-state index in [1.165, 1.54) is 22.6 Å². The van der Waals surface area contributed by atoms with Gasteiger partial charge in [-0.1, -0.05) is 0 Å². The van der Waals surface area contributed by atoms with Gasteiger partial charge in [-0.25, -0.2) is 4.79 Å². The minimum absolute atomic E-state index is 0.383. The van der Waals surface area contributed by atoms with Gasteiger partial charge in [0, 0.05) is 6.04 Å². The van der Waals surface area contributed by atoms with Crippen molar-refractivity contribution in [1.82, 2.24) is 9.78 Å². The Morgan fingerprint density at radius 2 is 2.00 bits per heavy atom. The van der Waals surface area contributed by atoms with E-state index in [2.05, 4.69) is 5.10 Å². The first-order valence-corrected chi connectivity index (χ1v) is 5.32. The van der Waals surface area contributed by atoms with Crippen molar-refractivity contribution in [3.63, 3.8) is 0 Å². The highest BCUT2D eigenvalue weighted by Gasteiger charge is 2.40. The molecule has 0 aliphatic carbocycles. The molecule has 0 spiro atoms. The first-order valence-electron chi connectivity index (χ1n) is 4.24. The van der Waals surface area contributed by atoms with Crippen LogP contribution in [0.3, 0.4) is 0 Å². The molecule has 4 nitrogen and oxygen atoms in total. The lowest BCUT2D eigenvalue weighted by molar-refractivity contribution is -0.142. The van der Waals surface area contributed by atoms with E-state index >= 15 is 0 Å². The Morgan fingerprint density at radius 1 is 1.50 bits per heavy atom. The molecule has 1 aromatic heterocycles. The quantitative estimate of drug-likeness (QED) is 0.837. The smallest absolute Gasteiger partial charge is 0.436 e. The number of carboxylic acid groups (broad SMARTS) is 1. The number of halogens is 4. The summed E-state index contributed by atoms with van der Waals surface area (Å²) in [6.07, 6.45) is -4.64. The lowest BCUT2D eigenvalue weighted by atomic mass is 10.3. The lowest BCUT2D eigenvalue weighted by Gasteiger charge is -2.07. The number of rotatable bonds is 2. The number of hydrogen-bond donors (Lipinski definition) is 1. The van der Waals surface area contributed by atoms with Gasteiger partial charge in [-0.05, 0) is 36.4 Å². The molecule has 1 N–H and O–H groups in total. The minimum Gasteiger partial charge on any atom is -0.476 e. The molecule has 90 valence electrons. The van der Waals surface area contributed by atoms with Crippen molar-refractivity contribution in [2.75, 3.05) is 0 Å². The second-order valence-corrected chi connectivity index (χ2v) is 4.43. The molecule has 0 radical (unpaired) electrons. The topological polar surface area (TPSA) is 55.1 Å². The predicted molar refractivity (Wildman–Crippen MR) is 57.3 cm³/mol. The van der Waals surface area contributed by atoms with E-state index < -0.39 is 29.6 Å². The van der Waals surface area contributed by atoms with Crippen molar-refractivity contribution in [3.05, 3.63) is 15.0 Å². The monoisotopic (exact) mass is 348 g/mol. The zero-order chi connectivity index (χ0) is 12.7. The molecule has 1 heterocycles. The van der Waals surface area contributed by atoms with Crippen LogP contribution < -0.4 is 0 Å². The Morgan fingerprint density at radius 3 is 2.25 bits per heavy atom. The van der Waals surface area contributed by atoms with Crippen LogP contribution >= 0.6 is 22.6 Å². The molecule has 0 aliphatic heterocycles. The molecule has 0 atom stereocenters. The van der Waals surface area contributed by atoms with Crippen LogP contribution in [0.2, 0.25) is 0 Å². The van der Waals surface area contributed by atoms with Crippen molar-refractivity contribution in [2.45, 2.75) is 26.1 Å². The fourth-order valence-electron chi connectivity index (χ4n) is 1.16. The summed E-state index contributed by atoms with van der Waals surface area (Å²) in [5.41, 5.74) is -1.58. The highest BCUT2D eigenvalue weighted by Crippen LogP contribution is 2.34. The molecule has 0 aromatic carbocycles. The first kappa shape index (κ1) is 13.3. The number of hydrogen-bond acceptors (Lipinski definition) is 2. The van der Waals surface area contributed by atoms with Crippen molar-refractivity contribution >= 4 is 28.6 Å². The van der Waals surface area contributed by atoms with E-state index in [0.29, 0.717) is 0 Å². The van der Waals surface area contributed by atoms with Gasteiger partial charge in [-0.15, -0.1) is 0 Å². The van der Waals surface area contributed by atoms with Crippen LogP contribution in [0.1, 0.15) is 36.1 Å². The van der Waals surface area contributed by atoms with Crippen LogP contribution in [0.4, 0.5) is 13.2 Å². The van der Waals surface area contributed by atoms with Gasteiger partial charge in [-0.2, -0.15) is 18.3 Å². The van der Waals surface area contributed by atoms with Crippen molar-refractivity contribution in [3.8, 4) is 0 Å². The fraction of sp³-hybridized carbons (Fsp3) is 0.500. The van der Waals surface area contributed by atoms with Gasteiger partial charge >= 0.3 is 12.1 Å². The van der Waals surface area contributed by atoms with Gasteiger partial charge in [0.05, 0.1) is 3.57 Å². The highest BCUT2D eigenvalue weighted by molar-refractivity contribution is 14.1. The number of carbonyl (C=O) groups is 1. The summed E-state index contributed by atoms with van der Waals surface area (Å²) in [6.45, 7) is 3.13. The van der Waals surface area contributed by atoms with E-state index in [0.717, 1.165) is 4.68 Å². The SMILES string of the molecule is CC(C)n1nc(C(F)(F)F)c(I)c1C(=O)O. The molecular weight excluding hydrogens is 340 g/mol. The summed E-state index contributed by atoms with van der Waals surface area (Å²) in [5.74, 6) is -1.42. The van der Waals surface area contributed by atoms with Gasteiger partial charge in [0.1, 0.15) is 0 Å². The standard InChI is InChI=1S/C8H8F3IN2O2/c1-3(2)14-5(7(15)16)4(12)6(13-14)8(9,10)11/h3H,1-2H3,(H,15,16). The molecule has 0 unspecified atom stereocenters. The third kappa shape index (κ3) is 2.30. The maximum atomic E-state index is 12.5. The van der Waals surface area contributed by atoms with Crippen LogP contribution in [0.25, 0.3) is 0 Å². The summed E-state index contributed by atoms with van der Waals surface area (Å²) in [6, 6.07) is -0.448. The van der Waals surface area contributed by atoms with Crippen LogP contribution in [-0.4, -0.2) is 20.9 Å². The van der Waals surface area contributed by atoms with E-state index in [1.807, 2.05) is 0 Å². The maximum absolute atomic E-state index is 12.5. The first-order chi connectivity index (χ1) is 7.16. The number of aromatic carboxylic acids is 1. The van der Waals surface area contributed by atoms with Gasteiger partial charge in [0.15, 0.2) is 11.4 Å². The zero-order valence-electron chi connectivity index (χ0n) is 8.34. The molecule has 16 heavy (non-hydrogen) atoms. The minimum atomic E-state index is -4.64. The third-order valence-corrected chi connectivity index (χ3v) is 2.83. The van der Waals surface area contributed by atoms with Crippen LogP contribution in [0.15, 0.2) is 0 Å². The Bertz CT molecular complexity index is 426. The van der Waals surface area contributed by atoms with Crippen molar-refractivity contribution in [1.29, 1.82) is 0 Å². The van der Waals surface area contributed by atoms with Crippen LogP contribution in [-0.2, 0) is 6.18 Å². The predicted octanol–water partition coefficient (Wildman–Crippen LogP) is 2.79. The molecule has 0 fully saturated rings. The Labute approximate surface area is 103 Å². The number of aromatic nitrogens is 2. The van der Waals surface area contributed by atoms with Gasteiger partial charge < -0.3 is 5.11 Å². The Kier molecular flexibility index (Phi) is 3.50. The van der Waals surface area contributed by atoms with Gasteiger partial charge in [0.2, 0.25) is 0 Å². The largest absolute Gasteiger partial charge is 0.476 e. The average molecular weight is 348 g/mol. The Balaban J connectivity index is 3.48. The van der Waals surface area contributed by atoms with Gasteiger partial charge in [0.25, 0.3) is 0 Å². The third-order valence-electron chi connectivity index (χ3n) is 1.81. The molecule has 1 rings (SSSR count). The fourth-order valence-corrected chi connectivity index (χ4v) is 2.05. The normalized spacial score (nSPS) is 12.2. The van der Waals surface area contributed by atoms with Crippen molar-refractivity contribution in [2.24, 2.45) is 0 Å². The average Bonchev–Trinajstić information content (AvgIpc) is 2.41. The number of carboxylic acids is 1. The van der Waals surface area contributed by atoms with E-state index in [9.17, 15) is 18.0 Å². The van der Waals surface area contributed by atoms with E-state index in [-0.39, 0.29) is 3.57 Å². The molecule has 0 bridgehead atoms. The number of nitrogens with zero attached hydrogens (tertiary/aromatic N) is 2. The van der Waals surface area contributed by atoms with Crippen LogP contribution in [0.5, 0.6) is 0 Å². The van der Waals surface area contributed by atoms with E-state index in [4.69, 9.17) is 5.11 Å². The number of alkyl halides is 3. The maximum Gasteiger partial charge on any atom is 0.436 e. The zero-order valence-corrected chi connectivity index (χ0v) is 10.5. The van der Waals surface area contributed by atoms with E-state index in [1.54, 1.807) is 13.8 Å². The highest BCUT2D eigenvalue weighted by atomic mass is 127. The molecule has 8 heteroatoms. The second-order valence-electron chi connectivity index (χ2n) is 3.35. The molecule has 1 aromatic rings. The second kappa shape index (κ2) is 4.22. The molecule has 0 saturated heterocycles. The van der Waals surface area contributed by atoms with Crippen LogP contribution in [0, 0.1) is 3.57 Å². The molecule has 0 saturated carbocycles. The Hall–Kier alpha value is -0.800.